The van der Waals surface area contributed by atoms with Crippen molar-refractivity contribution in [3.8, 4) is 5.75 Å². The number of alkyl halides is 2. The molecular weight excluding hydrogens is 698 g/mol. The quantitative estimate of drug-likeness (QED) is 0.214. The van der Waals surface area contributed by atoms with Crippen molar-refractivity contribution in [1.82, 2.24) is 30.5 Å². The summed E-state index contributed by atoms with van der Waals surface area (Å²) in [5, 5.41) is 10.8. The Balaban J connectivity index is 1.80. The highest BCUT2D eigenvalue weighted by molar-refractivity contribution is 7.88. The molecule has 0 radical (unpaired) electrons. The van der Waals surface area contributed by atoms with Gasteiger partial charge in [0.25, 0.3) is 0 Å². The summed E-state index contributed by atoms with van der Waals surface area (Å²) >= 11 is 0. The second-order valence-electron chi connectivity index (χ2n) is 16.8. The number of benzene rings is 1. The molecule has 1 aromatic carbocycles. The standard InChI is InChI=1S/C36H58F2N6O7S/c1-34(2,3)25(20-43(9)52(11,49)50)41-33(48)42-29(35(4,5)6)32(47)44-19-22-27(36(22,7)8)28(44)31(46)40-23(18-26(37)38)30(45)39-17-16-21-14-12-13-15-24(21)51-10/h12-15,22-23,25-29H,16-20H2,1-11H3,(H,39,45)(H,40,46)(H2,41,42,48)/t22-,23-,25+,27-,28-,29+/m0/s1. The predicted molar refractivity (Wildman–Crippen MR) is 194 cm³/mol. The number of rotatable bonds is 15. The molecule has 1 aromatic rings. The van der Waals surface area contributed by atoms with Crippen LogP contribution in [0.25, 0.3) is 0 Å². The Morgan fingerprint density at radius 3 is 2.17 bits per heavy atom. The molecule has 1 aliphatic heterocycles. The number of fused-ring (bicyclic) bond motifs is 1. The molecule has 0 spiro atoms. The molecule has 0 unspecified atom stereocenters. The molecule has 0 aromatic heterocycles. The maximum absolute atomic E-state index is 14.3. The number of halogens is 2. The summed E-state index contributed by atoms with van der Waals surface area (Å²) in [7, 11) is -0.601. The van der Waals surface area contributed by atoms with E-state index in [4.69, 9.17) is 4.74 Å². The molecule has 5 amide bonds. The third kappa shape index (κ3) is 10.5. The first-order valence-electron chi connectivity index (χ1n) is 17.6. The van der Waals surface area contributed by atoms with Crippen LogP contribution in [-0.2, 0) is 30.8 Å². The Bertz CT molecular complexity index is 1580. The van der Waals surface area contributed by atoms with Crippen LogP contribution in [0.15, 0.2) is 24.3 Å². The summed E-state index contributed by atoms with van der Waals surface area (Å²) in [4.78, 5) is 56.4. The van der Waals surface area contributed by atoms with Crippen LogP contribution in [0.2, 0.25) is 0 Å². The molecule has 1 saturated carbocycles. The third-order valence-electron chi connectivity index (χ3n) is 10.4. The second-order valence-corrected chi connectivity index (χ2v) is 18.9. The van der Waals surface area contributed by atoms with Crippen LogP contribution in [0.4, 0.5) is 13.6 Å². The molecule has 1 aliphatic carbocycles. The van der Waals surface area contributed by atoms with Gasteiger partial charge in [0, 0.05) is 39.1 Å². The SMILES string of the molecule is COc1ccccc1CCNC(=O)[C@H](CC(F)F)NC(=O)[C@@H]1[C@@H]2[C@H](CN1C(=O)[C@@H](NC(=O)N[C@H](CN(C)S(C)(=O)=O)C(C)(C)C)C(C)(C)C)C2(C)C. The van der Waals surface area contributed by atoms with Crippen molar-refractivity contribution in [3.63, 3.8) is 0 Å². The zero-order valence-electron chi connectivity index (χ0n) is 32.3. The first-order valence-corrected chi connectivity index (χ1v) is 19.4. The number of nitrogens with zero attached hydrogens (tertiary/aromatic N) is 2. The first kappa shape index (κ1) is 42.9. The number of carbonyl (C=O) groups is 4. The lowest BCUT2D eigenvalue weighted by atomic mass is 9.85. The Kier molecular flexibility index (Phi) is 13.4. The Morgan fingerprint density at radius 1 is 1.02 bits per heavy atom. The number of amides is 5. The molecule has 1 heterocycles. The van der Waals surface area contributed by atoms with Crippen molar-refractivity contribution >= 4 is 33.8 Å². The average Bonchev–Trinajstić information content (AvgIpc) is 3.32. The summed E-state index contributed by atoms with van der Waals surface area (Å²) in [6, 6.07) is 2.16. The normalized spacial score (nSPS) is 21.5. The van der Waals surface area contributed by atoms with E-state index in [1.165, 1.54) is 19.1 Å². The Hall–Kier alpha value is -3.53. The smallest absolute Gasteiger partial charge is 0.315 e. The van der Waals surface area contributed by atoms with Gasteiger partial charge >= 0.3 is 6.03 Å². The van der Waals surface area contributed by atoms with Gasteiger partial charge in [0.2, 0.25) is 34.2 Å². The average molecular weight is 757 g/mol. The van der Waals surface area contributed by atoms with Crippen molar-refractivity contribution in [2.75, 3.05) is 40.0 Å². The monoisotopic (exact) mass is 756 g/mol. The zero-order valence-corrected chi connectivity index (χ0v) is 33.1. The maximum atomic E-state index is 14.3. The summed E-state index contributed by atoms with van der Waals surface area (Å²) in [6.07, 6.45) is -2.37. The maximum Gasteiger partial charge on any atom is 0.315 e. The summed E-state index contributed by atoms with van der Waals surface area (Å²) < 4.78 is 58.2. The van der Waals surface area contributed by atoms with Crippen molar-refractivity contribution < 1.29 is 41.1 Å². The minimum absolute atomic E-state index is 0.00942. The molecule has 1 saturated heterocycles. The topological polar surface area (TPSA) is 166 Å². The minimum Gasteiger partial charge on any atom is -0.496 e. The molecule has 6 atom stereocenters. The van der Waals surface area contributed by atoms with E-state index in [0.717, 1.165) is 16.1 Å². The summed E-state index contributed by atoms with van der Waals surface area (Å²) in [5.74, 6) is -1.74. The van der Waals surface area contributed by atoms with Gasteiger partial charge in [-0.15, -0.1) is 0 Å². The van der Waals surface area contributed by atoms with E-state index in [-0.39, 0.29) is 36.9 Å². The fraction of sp³-hybridized carbons (Fsp3) is 0.722. The van der Waals surface area contributed by atoms with Gasteiger partial charge in [-0.3, -0.25) is 14.4 Å². The minimum atomic E-state index is -3.54. The molecule has 2 aliphatic rings. The van der Waals surface area contributed by atoms with Crippen LogP contribution in [0.1, 0.15) is 67.4 Å². The number of carbonyl (C=O) groups excluding carboxylic acids is 4. The summed E-state index contributed by atoms with van der Waals surface area (Å²) in [5.41, 5.74) is -0.898. The van der Waals surface area contributed by atoms with Crippen LogP contribution in [-0.4, -0.2) is 112 Å². The van der Waals surface area contributed by atoms with Crippen LogP contribution < -0.4 is 26.0 Å². The number of para-hydroxylation sites is 1. The molecule has 2 fully saturated rings. The van der Waals surface area contributed by atoms with E-state index < -0.39 is 81.6 Å². The molecule has 52 heavy (non-hydrogen) atoms. The highest BCUT2D eigenvalue weighted by Gasteiger charge is 2.70. The number of likely N-dealkylation sites (tertiary alicyclic amines) is 1. The fourth-order valence-corrected chi connectivity index (χ4v) is 7.33. The number of likely N-dealkylation sites (N-methyl/N-ethyl adjacent to an activating group) is 1. The van der Waals surface area contributed by atoms with E-state index in [9.17, 15) is 36.4 Å². The van der Waals surface area contributed by atoms with Gasteiger partial charge in [-0.05, 0) is 46.1 Å². The van der Waals surface area contributed by atoms with E-state index >= 15 is 0 Å². The molecule has 13 nitrogen and oxygen atoms in total. The van der Waals surface area contributed by atoms with Gasteiger partial charge in [0.1, 0.15) is 23.9 Å². The molecular formula is C36H58F2N6O7S. The zero-order chi connectivity index (χ0) is 39.6. The molecule has 4 N–H and O–H groups in total. The Morgan fingerprint density at radius 2 is 1.63 bits per heavy atom. The van der Waals surface area contributed by atoms with E-state index in [2.05, 4.69) is 21.3 Å². The van der Waals surface area contributed by atoms with Gasteiger partial charge in [-0.2, -0.15) is 0 Å². The predicted octanol–water partition coefficient (Wildman–Crippen LogP) is 3.00. The number of sulfonamides is 1. The number of methoxy groups -OCH3 is 1. The van der Waals surface area contributed by atoms with Gasteiger partial charge in [0.05, 0.1) is 13.4 Å². The van der Waals surface area contributed by atoms with Crippen LogP contribution >= 0.6 is 0 Å². The number of hydrogen-bond donors (Lipinski definition) is 4. The highest BCUT2D eigenvalue weighted by Crippen LogP contribution is 2.65. The number of nitrogens with one attached hydrogen (secondary N) is 4. The lowest BCUT2D eigenvalue weighted by Crippen LogP contribution is -2.62. The van der Waals surface area contributed by atoms with Gasteiger partial charge in [0.15, 0.2) is 0 Å². The second kappa shape index (κ2) is 16.2. The molecule has 0 bridgehead atoms. The van der Waals surface area contributed by atoms with Crippen molar-refractivity contribution in [1.29, 1.82) is 0 Å². The van der Waals surface area contributed by atoms with Crippen LogP contribution in [0.3, 0.4) is 0 Å². The van der Waals surface area contributed by atoms with E-state index in [1.807, 2.05) is 46.8 Å². The summed E-state index contributed by atoms with van der Waals surface area (Å²) in [6.45, 7) is 15.1. The molecule has 3 rings (SSSR count). The fourth-order valence-electron chi connectivity index (χ4n) is 6.91. The van der Waals surface area contributed by atoms with Gasteiger partial charge in [-0.1, -0.05) is 73.6 Å². The van der Waals surface area contributed by atoms with Crippen molar-refractivity contribution in [2.45, 2.75) is 98.8 Å². The van der Waals surface area contributed by atoms with Crippen LogP contribution in [0.5, 0.6) is 5.75 Å². The number of ether oxygens (including phenoxy) is 1. The van der Waals surface area contributed by atoms with E-state index in [0.29, 0.717) is 12.2 Å². The number of piperidine rings is 1. The largest absolute Gasteiger partial charge is 0.496 e. The number of urea groups is 1. The van der Waals surface area contributed by atoms with Crippen molar-refractivity contribution in [3.05, 3.63) is 29.8 Å². The van der Waals surface area contributed by atoms with E-state index in [1.54, 1.807) is 32.9 Å². The first-order chi connectivity index (χ1) is 23.8. The number of hydrogen-bond acceptors (Lipinski definition) is 7. The van der Waals surface area contributed by atoms with Gasteiger partial charge in [-0.25, -0.2) is 26.3 Å². The molecule has 16 heteroatoms. The third-order valence-corrected chi connectivity index (χ3v) is 11.7. The lowest BCUT2D eigenvalue weighted by Gasteiger charge is -2.39. The Labute approximate surface area is 307 Å². The van der Waals surface area contributed by atoms with Crippen molar-refractivity contribution in [2.24, 2.45) is 28.1 Å². The highest BCUT2D eigenvalue weighted by atomic mass is 32.2. The lowest BCUT2D eigenvalue weighted by molar-refractivity contribution is -0.144. The van der Waals surface area contributed by atoms with Crippen LogP contribution in [0, 0.1) is 28.1 Å². The van der Waals surface area contributed by atoms with Gasteiger partial charge < -0.3 is 30.9 Å². The molecule has 294 valence electrons.